The largest absolute Gasteiger partial charge is 0.462 e. The number of allylic oxidation sites excluding steroid dienone is 24. The van der Waals surface area contributed by atoms with Gasteiger partial charge < -0.3 is 14.2 Å². The van der Waals surface area contributed by atoms with Gasteiger partial charge in [-0.3, -0.25) is 14.4 Å². The molecule has 0 saturated carbocycles. The minimum Gasteiger partial charge on any atom is -0.462 e. The van der Waals surface area contributed by atoms with Crippen LogP contribution in [-0.4, -0.2) is 37.2 Å². The summed E-state index contributed by atoms with van der Waals surface area (Å²) in [5.41, 5.74) is 0. The number of carbonyl (C=O) groups is 3. The number of hydrogen-bond donors (Lipinski definition) is 0. The van der Waals surface area contributed by atoms with E-state index in [1.807, 2.05) is 0 Å². The number of carbonyl (C=O) groups excluding carboxylic acids is 3. The van der Waals surface area contributed by atoms with Crippen molar-refractivity contribution >= 4 is 17.9 Å². The van der Waals surface area contributed by atoms with Crippen LogP contribution >= 0.6 is 0 Å². The molecule has 0 heterocycles. The van der Waals surface area contributed by atoms with Crippen LogP contribution in [0.4, 0.5) is 0 Å². The van der Waals surface area contributed by atoms with E-state index in [0.29, 0.717) is 19.3 Å². The summed E-state index contributed by atoms with van der Waals surface area (Å²) < 4.78 is 16.7. The fraction of sp³-hybridized carbons (Fsp3) is 0.578. The summed E-state index contributed by atoms with van der Waals surface area (Å²) in [7, 11) is 0. The fourth-order valence-corrected chi connectivity index (χ4v) is 6.98. The molecule has 0 saturated heterocycles. The van der Waals surface area contributed by atoms with Crippen molar-refractivity contribution in [1.82, 2.24) is 0 Å². The summed E-state index contributed by atoms with van der Waals surface area (Å²) in [6.45, 7) is 6.30. The first kappa shape index (κ1) is 65.3. The smallest absolute Gasteiger partial charge is 0.306 e. The predicted octanol–water partition coefficient (Wildman–Crippen LogP) is 18.8. The van der Waals surface area contributed by atoms with E-state index in [0.717, 1.165) is 141 Å². The van der Waals surface area contributed by atoms with Gasteiger partial charge >= 0.3 is 17.9 Å². The lowest BCUT2D eigenvalue weighted by molar-refractivity contribution is -0.167. The van der Waals surface area contributed by atoms with E-state index in [-0.39, 0.29) is 37.5 Å². The second-order valence-corrected chi connectivity index (χ2v) is 17.7. The number of ether oxygens (including phenoxy) is 3. The molecule has 70 heavy (non-hydrogen) atoms. The Morgan fingerprint density at radius 1 is 0.300 bits per heavy atom. The van der Waals surface area contributed by atoms with Crippen molar-refractivity contribution in [3.8, 4) is 0 Å². The third-order valence-corrected chi connectivity index (χ3v) is 11.1. The molecule has 0 aliphatic rings. The molecule has 0 aliphatic heterocycles. The maximum absolute atomic E-state index is 12.8. The van der Waals surface area contributed by atoms with Crippen molar-refractivity contribution in [2.24, 2.45) is 0 Å². The van der Waals surface area contributed by atoms with Crippen LogP contribution in [0.3, 0.4) is 0 Å². The maximum atomic E-state index is 12.8. The highest BCUT2D eigenvalue weighted by Gasteiger charge is 2.19. The van der Waals surface area contributed by atoms with E-state index >= 15 is 0 Å². The molecule has 0 fully saturated rings. The van der Waals surface area contributed by atoms with Gasteiger partial charge in [0, 0.05) is 19.3 Å². The summed E-state index contributed by atoms with van der Waals surface area (Å²) in [6, 6.07) is 0. The van der Waals surface area contributed by atoms with E-state index in [2.05, 4.69) is 167 Å². The van der Waals surface area contributed by atoms with Crippen LogP contribution in [0.25, 0.3) is 0 Å². The van der Waals surface area contributed by atoms with Gasteiger partial charge in [-0.05, 0) is 122 Å². The van der Waals surface area contributed by atoms with Crippen molar-refractivity contribution < 1.29 is 28.6 Å². The van der Waals surface area contributed by atoms with Crippen LogP contribution in [0.1, 0.15) is 220 Å². The number of unbranched alkanes of at least 4 members (excludes halogenated alkanes) is 13. The zero-order valence-electron chi connectivity index (χ0n) is 44.7. The van der Waals surface area contributed by atoms with E-state index in [4.69, 9.17) is 14.2 Å². The topological polar surface area (TPSA) is 78.9 Å². The molecule has 1 atom stereocenters. The van der Waals surface area contributed by atoms with E-state index in [1.165, 1.54) is 32.1 Å². The Balaban J connectivity index is 4.34. The standard InChI is InChI=1S/C64H100O6/c1-4-7-10-13-16-19-21-23-25-26-27-28-29-30-31-32-33-34-35-36-37-38-40-41-43-45-48-51-54-57-63(66)69-60-61(59-68-62(65)56-53-50-47-18-15-12-9-6-3)70-64(67)58-55-52-49-46-44-42-39-24-22-20-17-14-11-8-5-2/h7-8,10-11,16-17,19-20,23-25,27-28,30-31,33-34,36-37,39-41,44,46,61H,4-6,9,12-15,18,21-22,26,29,32,35,38,42-43,45,47-60H2,1-3H3/b10-7-,11-8-,19-16-,20-17-,25-23-,28-27-,31-30-,34-33-,37-36-,39-24-,41-40-,46-44-. The van der Waals surface area contributed by atoms with Gasteiger partial charge in [0.05, 0.1) is 0 Å². The first-order chi connectivity index (χ1) is 34.5. The van der Waals surface area contributed by atoms with E-state index in [9.17, 15) is 14.4 Å². The van der Waals surface area contributed by atoms with Gasteiger partial charge in [-0.1, -0.05) is 224 Å². The highest BCUT2D eigenvalue weighted by Crippen LogP contribution is 2.12. The van der Waals surface area contributed by atoms with E-state index < -0.39 is 6.10 Å². The Kier molecular flexibility index (Phi) is 53.0. The van der Waals surface area contributed by atoms with Gasteiger partial charge in [-0.15, -0.1) is 0 Å². The average molecular weight is 965 g/mol. The maximum Gasteiger partial charge on any atom is 0.306 e. The lowest BCUT2D eigenvalue weighted by Crippen LogP contribution is -2.30. The first-order valence-corrected chi connectivity index (χ1v) is 27.8. The molecule has 0 aromatic rings. The third-order valence-electron chi connectivity index (χ3n) is 11.1. The summed E-state index contributed by atoms with van der Waals surface area (Å²) in [5, 5.41) is 0. The van der Waals surface area contributed by atoms with Crippen molar-refractivity contribution in [3.63, 3.8) is 0 Å². The molecule has 6 nitrogen and oxygen atoms in total. The minimum atomic E-state index is -0.813. The van der Waals surface area contributed by atoms with Crippen LogP contribution < -0.4 is 0 Å². The summed E-state index contributed by atoms with van der Waals surface area (Å²) >= 11 is 0. The molecule has 0 aromatic heterocycles. The number of esters is 3. The molecular formula is C64H100O6. The van der Waals surface area contributed by atoms with Crippen LogP contribution in [0, 0.1) is 0 Å². The molecule has 0 N–H and O–H groups in total. The second-order valence-electron chi connectivity index (χ2n) is 17.7. The fourth-order valence-electron chi connectivity index (χ4n) is 6.98. The molecule has 6 heteroatoms. The molecule has 0 bridgehead atoms. The summed E-state index contributed by atoms with van der Waals surface area (Å²) in [4.78, 5) is 37.9. The highest BCUT2D eigenvalue weighted by atomic mass is 16.6. The Labute approximate surface area is 429 Å². The zero-order chi connectivity index (χ0) is 50.7. The molecule has 1 unspecified atom stereocenters. The van der Waals surface area contributed by atoms with Crippen molar-refractivity contribution in [2.75, 3.05) is 13.2 Å². The molecule has 0 spiro atoms. The highest BCUT2D eigenvalue weighted by molar-refractivity contribution is 5.71. The lowest BCUT2D eigenvalue weighted by Gasteiger charge is -2.18. The molecule has 0 aromatic carbocycles. The normalized spacial score (nSPS) is 13.2. The van der Waals surface area contributed by atoms with Gasteiger partial charge in [0.25, 0.3) is 0 Å². The number of hydrogen-bond acceptors (Lipinski definition) is 6. The molecule has 392 valence electrons. The van der Waals surface area contributed by atoms with Gasteiger partial charge in [0.2, 0.25) is 0 Å². The van der Waals surface area contributed by atoms with Gasteiger partial charge in [-0.25, -0.2) is 0 Å². The first-order valence-electron chi connectivity index (χ1n) is 27.8. The molecular weight excluding hydrogens is 865 g/mol. The van der Waals surface area contributed by atoms with Crippen LogP contribution in [0.15, 0.2) is 146 Å². The van der Waals surface area contributed by atoms with Crippen LogP contribution in [0.5, 0.6) is 0 Å². The monoisotopic (exact) mass is 965 g/mol. The Hall–Kier alpha value is -4.71. The lowest BCUT2D eigenvalue weighted by atomic mass is 10.1. The second kappa shape index (κ2) is 56.9. The Morgan fingerprint density at radius 2 is 0.557 bits per heavy atom. The van der Waals surface area contributed by atoms with Crippen LogP contribution in [-0.2, 0) is 28.6 Å². The number of rotatable bonds is 48. The molecule has 0 rings (SSSR count). The quantitative estimate of drug-likeness (QED) is 0.0262. The molecule has 0 aliphatic carbocycles. The minimum absolute atomic E-state index is 0.108. The third kappa shape index (κ3) is 54.2. The van der Waals surface area contributed by atoms with Crippen molar-refractivity contribution in [3.05, 3.63) is 146 Å². The zero-order valence-corrected chi connectivity index (χ0v) is 44.7. The average Bonchev–Trinajstić information content (AvgIpc) is 3.36. The van der Waals surface area contributed by atoms with E-state index in [1.54, 1.807) is 0 Å². The van der Waals surface area contributed by atoms with Gasteiger partial charge in [-0.2, -0.15) is 0 Å². The van der Waals surface area contributed by atoms with Gasteiger partial charge in [0.1, 0.15) is 13.2 Å². The Morgan fingerprint density at radius 3 is 0.900 bits per heavy atom. The summed E-state index contributed by atoms with van der Waals surface area (Å²) in [6.07, 6.45) is 81.4. The Bertz CT molecular complexity index is 1580. The summed E-state index contributed by atoms with van der Waals surface area (Å²) in [5.74, 6) is -0.990. The predicted molar refractivity (Wildman–Crippen MR) is 302 cm³/mol. The molecule has 0 amide bonds. The van der Waals surface area contributed by atoms with Crippen LogP contribution in [0.2, 0.25) is 0 Å². The molecule has 0 radical (unpaired) electrons. The SMILES string of the molecule is CC/C=C\C/C=C\C/C=C\C/C=C\C/C=C\C/C=C\C/C=C\C/C=C\CCCCCCC(=O)OCC(COC(=O)CCCCCCCCCC)OC(=O)CCCC/C=C\C/C=C\C/C=C\C/C=C\CC. The van der Waals surface area contributed by atoms with Gasteiger partial charge in [0.15, 0.2) is 6.10 Å². The van der Waals surface area contributed by atoms with Crippen molar-refractivity contribution in [2.45, 2.75) is 226 Å². The van der Waals surface area contributed by atoms with Crippen molar-refractivity contribution in [1.29, 1.82) is 0 Å².